The Balaban J connectivity index is 2.28. The second kappa shape index (κ2) is 4.15. The molecule has 0 spiro atoms. The fraction of sp³-hybridized carbons (Fsp3) is 0.333. The standard InChI is InChI=1S/C9H12N2O3S2/c1-2-11-6-15-9-5-7(3-4-8(9)11)10-16(12,13)14/h3-5,10H,2,6H2,1H3,(H,12,13,14). The van der Waals surface area contributed by atoms with Gasteiger partial charge in [0.25, 0.3) is 0 Å². The molecule has 0 radical (unpaired) electrons. The van der Waals surface area contributed by atoms with Gasteiger partial charge in [0, 0.05) is 11.4 Å². The Morgan fingerprint density at radius 3 is 2.94 bits per heavy atom. The summed E-state index contributed by atoms with van der Waals surface area (Å²) in [5.41, 5.74) is 1.49. The van der Waals surface area contributed by atoms with Crippen LogP contribution in [-0.2, 0) is 10.3 Å². The van der Waals surface area contributed by atoms with Gasteiger partial charge in [-0.05, 0) is 25.1 Å². The van der Waals surface area contributed by atoms with Crippen LogP contribution in [0, 0.1) is 0 Å². The first-order valence-electron chi connectivity index (χ1n) is 4.76. The molecule has 0 saturated heterocycles. The molecular weight excluding hydrogens is 248 g/mol. The average Bonchev–Trinajstić information content (AvgIpc) is 2.57. The fourth-order valence-corrected chi connectivity index (χ4v) is 3.18. The number of benzene rings is 1. The molecule has 2 N–H and O–H groups in total. The summed E-state index contributed by atoms with van der Waals surface area (Å²) in [5.74, 6) is 0.876. The molecule has 0 saturated carbocycles. The number of rotatable bonds is 3. The Morgan fingerprint density at radius 2 is 2.31 bits per heavy atom. The first-order chi connectivity index (χ1) is 7.49. The highest BCUT2D eigenvalue weighted by atomic mass is 32.2. The second-order valence-corrected chi connectivity index (χ2v) is 5.53. The molecule has 0 unspecified atom stereocenters. The van der Waals surface area contributed by atoms with Crippen molar-refractivity contribution in [2.45, 2.75) is 11.8 Å². The predicted octanol–water partition coefficient (Wildman–Crippen LogP) is 1.79. The van der Waals surface area contributed by atoms with Gasteiger partial charge in [-0.15, -0.1) is 11.8 Å². The molecule has 16 heavy (non-hydrogen) atoms. The summed E-state index contributed by atoms with van der Waals surface area (Å²) >= 11 is 1.65. The van der Waals surface area contributed by atoms with E-state index in [1.54, 1.807) is 23.9 Å². The van der Waals surface area contributed by atoms with Gasteiger partial charge in [-0.25, -0.2) is 0 Å². The molecule has 0 fully saturated rings. The third-order valence-electron chi connectivity index (χ3n) is 2.30. The van der Waals surface area contributed by atoms with E-state index in [1.165, 1.54) is 0 Å². The van der Waals surface area contributed by atoms with E-state index >= 15 is 0 Å². The Morgan fingerprint density at radius 1 is 1.56 bits per heavy atom. The maximum absolute atomic E-state index is 10.6. The number of thioether (sulfide) groups is 1. The van der Waals surface area contributed by atoms with Crippen molar-refractivity contribution in [3.63, 3.8) is 0 Å². The number of nitrogens with zero attached hydrogens (tertiary/aromatic N) is 1. The fourth-order valence-electron chi connectivity index (χ4n) is 1.58. The third-order valence-corrected chi connectivity index (χ3v) is 3.88. The van der Waals surface area contributed by atoms with Crippen molar-refractivity contribution in [3.8, 4) is 0 Å². The van der Waals surface area contributed by atoms with Crippen LogP contribution < -0.4 is 9.62 Å². The normalized spacial score (nSPS) is 15.0. The van der Waals surface area contributed by atoms with Crippen LogP contribution in [-0.4, -0.2) is 25.4 Å². The zero-order chi connectivity index (χ0) is 11.8. The van der Waals surface area contributed by atoms with Crippen LogP contribution in [0.4, 0.5) is 11.4 Å². The molecule has 1 aliphatic rings. The first-order valence-corrected chi connectivity index (χ1v) is 7.19. The molecule has 0 aromatic heterocycles. The number of hydrogen-bond acceptors (Lipinski definition) is 4. The zero-order valence-corrected chi connectivity index (χ0v) is 10.3. The summed E-state index contributed by atoms with van der Waals surface area (Å²) in [6, 6.07) is 5.22. The van der Waals surface area contributed by atoms with Gasteiger partial charge in [0.05, 0.1) is 17.3 Å². The summed E-state index contributed by atoms with van der Waals surface area (Å²) in [6.45, 7) is 2.99. The average molecular weight is 260 g/mol. The summed E-state index contributed by atoms with van der Waals surface area (Å²) < 4.78 is 32.0. The molecule has 1 aliphatic heterocycles. The Labute approximate surface area is 98.7 Å². The van der Waals surface area contributed by atoms with Crippen molar-refractivity contribution in [1.29, 1.82) is 0 Å². The maximum atomic E-state index is 10.6. The van der Waals surface area contributed by atoms with Crippen molar-refractivity contribution >= 4 is 33.4 Å². The lowest BCUT2D eigenvalue weighted by Crippen LogP contribution is -2.17. The number of nitrogens with one attached hydrogen (secondary N) is 1. The molecule has 1 aromatic carbocycles. The molecule has 7 heteroatoms. The molecule has 0 aliphatic carbocycles. The molecule has 1 aromatic rings. The first kappa shape index (κ1) is 11.6. The van der Waals surface area contributed by atoms with Crippen molar-refractivity contribution in [2.75, 3.05) is 22.0 Å². The summed E-state index contributed by atoms with van der Waals surface area (Å²) in [7, 11) is -4.19. The van der Waals surface area contributed by atoms with Gasteiger partial charge in [-0.3, -0.25) is 9.27 Å². The van der Waals surface area contributed by atoms with Crippen LogP contribution in [0.3, 0.4) is 0 Å². The number of anilines is 2. The minimum Gasteiger partial charge on any atom is -0.361 e. The van der Waals surface area contributed by atoms with Crippen LogP contribution in [0.2, 0.25) is 0 Å². The van der Waals surface area contributed by atoms with Crippen molar-refractivity contribution in [3.05, 3.63) is 18.2 Å². The Kier molecular flexibility index (Phi) is 3.00. The third kappa shape index (κ3) is 2.42. The molecule has 5 nitrogen and oxygen atoms in total. The van der Waals surface area contributed by atoms with E-state index in [-0.39, 0.29) is 0 Å². The van der Waals surface area contributed by atoms with Crippen LogP contribution >= 0.6 is 11.8 Å². The van der Waals surface area contributed by atoms with E-state index in [2.05, 4.69) is 11.8 Å². The second-order valence-electron chi connectivity index (χ2n) is 3.39. The number of hydrogen-bond donors (Lipinski definition) is 2. The molecule has 2 rings (SSSR count). The highest BCUT2D eigenvalue weighted by Crippen LogP contribution is 2.39. The van der Waals surface area contributed by atoms with Crippen LogP contribution in [0.15, 0.2) is 23.1 Å². The van der Waals surface area contributed by atoms with Gasteiger partial charge < -0.3 is 4.90 Å². The minimum absolute atomic E-state index is 0.381. The molecule has 0 atom stereocenters. The topological polar surface area (TPSA) is 69.6 Å². The highest BCUT2D eigenvalue weighted by Gasteiger charge is 2.18. The van der Waals surface area contributed by atoms with Gasteiger partial charge in [0.1, 0.15) is 0 Å². The lowest BCUT2D eigenvalue weighted by atomic mass is 10.2. The van der Waals surface area contributed by atoms with E-state index in [9.17, 15) is 8.42 Å². The molecular formula is C9H12N2O3S2. The lowest BCUT2D eigenvalue weighted by molar-refractivity contribution is 0.489. The predicted molar refractivity (Wildman–Crippen MR) is 65.4 cm³/mol. The van der Waals surface area contributed by atoms with E-state index < -0.39 is 10.3 Å². The molecule has 88 valence electrons. The van der Waals surface area contributed by atoms with Gasteiger partial charge in [-0.1, -0.05) is 0 Å². The van der Waals surface area contributed by atoms with Crippen LogP contribution in [0.1, 0.15) is 6.92 Å². The zero-order valence-electron chi connectivity index (χ0n) is 8.67. The largest absolute Gasteiger partial charge is 0.361 e. The van der Waals surface area contributed by atoms with E-state index in [0.717, 1.165) is 23.0 Å². The smallest absolute Gasteiger partial charge is 0.357 e. The van der Waals surface area contributed by atoms with Crippen molar-refractivity contribution in [1.82, 2.24) is 0 Å². The molecule has 0 amide bonds. The highest BCUT2D eigenvalue weighted by molar-refractivity contribution is 7.99. The summed E-state index contributed by atoms with van der Waals surface area (Å²) in [4.78, 5) is 3.22. The van der Waals surface area contributed by atoms with Crippen molar-refractivity contribution in [2.24, 2.45) is 0 Å². The Hall–Kier alpha value is -0.920. The van der Waals surface area contributed by atoms with Gasteiger partial charge in [0.2, 0.25) is 0 Å². The monoisotopic (exact) mass is 260 g/mol. The van der Waals surface area contributed by atoms with E-state index in [4.69, 9.17) is 4.55 Å². The maximum Gasteiger partial charge on any atom is 0.357 e. The van der Waals surface area contributed by atoms with Crippen LogP contribution in [0.5, 0.6) is 0 Å². The Bertz CT molecular complexity index is 501. The lowest BCUT2D eigenvalue weighted by Gasteiger charge is -2.15. The van der Waals surface area contributed by atoms with Crippen LogP contribution in [0.25, 0.3) is 0 Å². The van der Waals surface area contributed by atoms with Gasteiger partial charge in [0.15, 0.2) is 0 Å². The van der Waals surface area contributed by atoms with E-state index in [0.29, 0.717) is 5.69 Å². The van der Waals surface area contributed by atoms with Crippen molar-refractivity contribution < 1.29 is 13.0 Å². The van der Waals surface area contributed by atoms with E-state index in [1.807, 2.05) is 10.8 Å². The number of fused-ring (bicyclic) bond motifs is 1. The SMILES string of the molecule is CCN1CSc2cc(NS(=O)(=O)O)ccc21. The summed E-state index contributed by atoms with van der Waals surface area (Å²) in [5, 5.41) is 0. The minimum atomic E-state index is -4.19. The van der Waals surface area contributed by atoms with Gasteiger partial charge >= 0.3 is 10.3 Å². The molecule has 1 heterocycles. The summed E-state index contributed by atoms with van der Waals surface area (Å²) in [6.07, 6.45) is 0. The van der Waals surface area contributed by atoms with Gasteiger partial charge in [-0.2, -0.15) is 8.42 Å². The molecule has 0 bridgehead atoms. The quantitative estimate of drug-likeness (QED) is 0.811.